The van der Waals surface area contributed by atoms with Crippen LogP contribution in [0.3, 0.4) is 0 Å². The molecule has 3 rings (SSSR count). The van der Waals surface area contributed by atoms with Gasteiger partial charge in [0, 0.05) is 10.8 Å². The van der Waals surface area contributed by atoms with Crippen molar-refractivity contribution in [1.82, 2.24) is 9.97 Å². The molecule has 3 N–H and O–H groups in total. The molecule has 7 heteroatoms. The van der Waals surface area contributed by atoms with Crippen molar-refractivity contribution >= 4 is 30.3 Å². The first-order valence-electron chi connectivity index (χ1n) is 6.08. The number of fused-ring (bicyclic) bond motifs is 1. The predicted molar refractivity (Wildman–Crippen MR) is 78.9 cm³/mol. The van der Waals surface area contributed by atoms with Gasteiger partial charge in [-0.15, -0.1) is 0 Å². The molecule has 106 valence electrons. The molecule has 2 aromatic rings. The van der Waals surface area contributed by atoms with Gasteiger partial charge in [0.05, 0.1) is 12.5 Å². The SMILES string of the molecule is COc1ccc2c(c1)=CC(=Cc1[nH]c(=S)[nH]c1O)C(=O)N=2. The van der Waals surface area contributed by atoms with Crippen molar-refractivity contribution in [2.75, 3.05) is 7.11 Å². The lowest BCUT2D eigenvalue weighted by Gasteiger charge is -2.04. The maximum Gasteiger partial charge on any atom is 0.277 e. The molecule has 2 heterocycles. The number of H-pyrrole nitrogens is 2. The third-order valence-electron chi connectivity index (χ3n) is 3.05. The number of aromatic nitrogens is 2. The Hall–Kier alpha value is -2.67. The van der Waals surface area contributed by atoms with Crippen LogP contribution < -0.4 is 15.3 Å². The van der Waals surface area contributed by atoms with Gasteiger partial charge in [0.15, 0.2) is 4.77 Å². The number of nitrogens with one attached hydrogen (secondary N) is 2. The molecule has 0 spiro atoms. The van der Waals surface area contributed by atoms with E-state index in [2.05, 4.69) is 15.0 Å². The summed E-state index contributed by atoms with van der Waals surface area (Å²) in [4.78, 5) is 21.3. The van der Waals surface area contributed by atoms with Crippen molar-refractivity contribution in [1.29, 1.82) is 0 Å². The van der Waals surface area contributed by atoms with Gasteiger partial charge in [0.25, 0.3) is 5.91 Å². The van der Waals surface area contributed by atoms with Crippen LogP contribution in [-0.4, -0.2) is 28.1 Å². The van der Waals surface area contributed by atoms with E-state index in [0.717, 1.165) is 5.22 Å². The molecule has 0 saturated carbocycles. The second kappa shape index (κ2) is 5.02. The first kappa shape index (κ1) is 13.3. The predicted octanol–water partition coefficient (Wildman–Crippen LogP) is 0.810. The third kappa shape index (κ3) is 2.50. The Kier molecular flexibility index (Phi) is 3.19. The van der Waals surface area contributed by atoms with Crippen molar-refractivity contribution in [3.05, 3.63) is 44.8 Å². The highest BCUT2D eigenvalue weighted by Crippen LogP contribution is 2.17. The number of hydrogen-bond donors (Lipinski definition) is 3. The summed E-state index contributed by atoms with van der Waals surface area (Å²) < 4.78 is 5.43. The number of amides is 1. The standard InChI is InChI=1S/C14H11N3O3S/c1-20-9-2-3-10-7(5-9)4-8(12(18)15-10)6-11-13(19)17-14(21)16-11/h2-6,19H,1H3,(H2,16,17,21). The Labute approximate surface area is 124 Å². The van der Waals surface area contributed by atoms with E-state index in [9.17, 15) is 9.90 Å². The Morgan fingerprint density at radius 3 is 2.86 bits per heavy atom. The summed E-state index contributed by atoms with van der Waals surface area (Å²) in [6.45, 7) is 0. The molecule has 0 unspecified atom stereocenters. The third-order valence-corrected chi connectivity index (χ3v) is 3.25. The zero-order valence-electron chi connectivity index (χ0n) is 11.0. The Balaban J connectivity index is 2.16. The van der Waals surface area contributed by atoms with Gasteiger partial charge < -0.3 is 19.8 Å². The van der Waals surface area contributed by atoms with E-state index in [1.165, 1.54) is 6.08 Å². The molecule has 1 aromatic carbocycles. The van der Waals surface area contributed by atoms with Gasteiger partial charge in [0.2, 0.25) is 5.88 Å². The second-order valence-electron chi connectivity index (χ2n) is 4.43. The average molecular weight is 301 g/mol. The summed E-state index contributed by atoms with van der Waals surface area (Å²) in [6, 6.07) is 5.26. The minimum Gasteiger partial charge on any atom is -0.497 e. The number of rotatable bonds is 2. The highest BCUT2D eigenvalue weighted by atomic mass is 32.1. The number of aromatic hydroxyl groups is 1. The number of carbonyl (C=O) groups is 1. The minimum atomic E-state index is -0.382. The largest absolute Gasteiger partial charge is 0.497 e. The van der Waals surface area contributed by atoms with Crippen molar-refractivity contribution < 1.29 is 14.6 Å². The van der Waals surface area contributed by atoms with E-state index < -0.39 is 0 Å². The van der Waals surface area contributed by atoms with Gasteiger partial charge in [0.1, 0.15) is 11.4 Å². The van der Waals surface area contributed by atoms with Crippen LogP contribution in [0.1, 0.15) is 5.69 Å². The van der Waals surface area contributed by atoms with Gasteiger partial charge in [-0.1, -0.05) is 0 Å². The van der Waals surface area contributed by atoms with Gasteiger partial charge in [-0.2, -0.15) is 0 Å². The highest BCUT2D eigenvalue weighted by molar-refractivity contribution is 7.71. The van der Waals surface area contributed by atoms with E-state index in [1.54, 1.807) is 31.4 Å². The summed E-state index contributed by atoms with van der Waals surface area (Å²) in [6.07, 6.45) is 3.19. The van der Waals surface area contributed by atoms with Crippen molar-refractivity contribution in [2.24, 2.45) is 4.99 Å². The van der Waals surface area contributed by atoms with Gasteiger partial charge in [-0.05, 0) is 42.6 Å². The molecule has 6 nitrogen and oxygen atoms in total. The minimum absolute atomic E-state index is 0.120. The fraction of sp³-hybridized carbons (Fsp3) is 0.0714. The lowest BCUT2D eigenvalue weighted by atomic mass is 10.1. The monoisotopic (exact) mass is 301 g/mol. The van der Waals surface area contributed by atoms with E-state index in [0.29, 0.717) is 22.4 Å². The fourth-order valence-corrected chi connectivity index (χ4v) is 2.24. The topological polar surface area (TPSA) is 90.5 Å². The van der Waals surface area contributed by atoms with Gasteiger partial charge >= 0.3 is 0 Å². The smallest absolute Gasteiger partial charge is 0.277 e. The summed E-state index contributed by atoms with van der Waals surface area (Å²) in [5, 5.41) is 11.0. The lowest BCUT2D eigenvalue weighted by molar-refractivity contribution is -0.114. The van der Waals surface area contributed by atoms with Crippen LogP contribution in [0.4, 0.5) is 0 Å². The number of hydrogen-bond acceptors (Lipinski definition) is 4. The molecular formula is C14H11N3O3S. The summed E-state index contributed by atoms with van der Waals surface area (Å²) in [7, 11) is 1.57. The van der Waals surface area contributed by atoms with E-state index in [1.807, 2.05) is 0 Å². The Morgan fingerprint density at radius 2 is 2.19 bits per heavy atom. The van der Waals surface area contributed by atoms with Crippen LogP contribution >= 0.6 is 12.2 Å². The molecule has 1 aromatic heterocycles. The lowest BCUT2D eigenvalue weighted by Crippen LogP contribution is -2.30. The summed E-state index contributed by atoms with van der Waals surface area (Å²) in [5.41, 5.74) is 0.678. The molecule has 0 bridgehead atoms. The average Bonchev–Trinajstić information content (AvgIpc) is 2.77. The van der Waals surface area contributed by atoms with Crippen molar-refractivity contribution in [3.63, 3.8) is 0 Å². The number of benzene rings is 1. The molecule has 0 fully saturated rings. The normalized spacial score (nSPS) is 15.3. The van der Waals surface area contributed by atoms with Crippen molar-refractivity contribution in [3.8, 4) is 11.6 Å². The molecule has 1 aliphatic rings. The van der Waals surface area contributed by atoms with Gasteiger partial charge in [-0.3, -0.25) is 4.79 Å². The zero-order valence-corrected chi connectivity index (χ0v) is 11.8. The number of nitrogens with zero attached hydrogens (tertiary/aromatic N) is 1. The maximum absolute atomic E-state index is 12.0. The molecule has 0 saturated heterocycles. The number of methoxy groups -OCH3 is 1. The van der Waals surface area contributed by atoms with Crippen LogP contribution in [0.5, 0.6) is 11.6 Å². The molecule has 1 amide bonds. The van der Waals surface area contributed by atoms with Crippen LogP contribution in [-0.2, 0) is 4.79 Å². The van der Waals surface area contributed by atoms with Crippen LogP contribution in [0.2, 0.25) is 0 Å². The first-order valence-corrected chi connectivity index (χ1v) is 6.49. The molecule has 0 aliphatic carbocycles. The van der Waals surface area contributed by atoms with E-state index >= 15 is 0 Å². The van der Waals surface area contributed by atoms with Crippen LogP contribution in [0.25, 0.3) is 12.2 Å². The van der Waals surface area contributed by atoms with Crippen molar-refractivity contribution in [2.45, 2.75) is 0 Å². The van der Waals surface area contributed by atoms with Crippen LogP contribution in [0.15, 0.2) is 28.8 Å². The van der Waals surface area contributed by atoms with Crippen LogP contribution in [0, 0.1) is 4.77 Å². The zero-order chi connectivity index (χ0) is 15.0. The summed E-state index contributed by atoms with van der Waals surface area (Å²) >= 11 is 4.88. The maximum atomic E-state index is 12.0. The highest BCUT2D eigenvalue weighted by Gasteiger charge is 2.12. The number of imidazole rings is 1. The van der Waals surface area contributed by atoms with Gasteiger partial charge in [-0.25, -0.2) is 4.99 Å². The molecule has 1 aliphatic heterocycles. The van der Waals surface area contributed by atoms with E-state index in [-0.39, 0.29) is 16.6 Å². The number of ether oxygens (including phenoxy) is 1. The quantitative estimate of drug-likeness (QED) is 0.565. The number of aromatic amines is 2. The fourth-order valence-electron chi connectivity index (χ4n) is 2.03. The molecular weight excluding hydrogens is 290 g/mol. The van der Waals surface area contributed by atoms with E-state index in [4.69, 9.17) is 17.0 Å². The molecule has 0 radical (unpaired) electrons. The Bertz CT molecular complexity index is 937. The first-order chi connectivity index (χ1) is 10.1. The molecule has 0 atom stereocenters. The second-order valence-corrected chi connectivity index (χ2v) is 4.84. The molecule has 21 heavy (non-hydrogen) atoms. The number of carbonyl (C=O) groups excluding carboxylic acids is 1. The Morgan fingerprint density at radius 1 is 1.38 bits per heavy atom. The summed E-state index contributed by atoms with van der Waals surface area (Å²) in [5.74, 6) is 0.176.